The highest BCUT2D eigenvalue weighted by Crippen LogP contribution is 2.35. The number of hydrogen-bond donors (Lipinski definition) is 0. The summed E-state index contributed by atoms with van der Waals surface area (Å²) in [6.45, 7) is 2.45. The Morgan fingerprint density at radius 1 is 1.07 bits per heavy atom. The second-order valence-electron chi connectivity index (χ2n) is 9.58. The number of fused-ring (bicyclic) bond motifs is 2. The van der Waals surface area contributed by atoms with Gasteiger partial charge in [0, 0.05) is 22.0 Å². The Balaban J connectivity index is 1.37. The Labute approximate surface area is 272 Å². The topological polar surface area (TPSA) is 122 Å². The number of para-hydroxylation sites is 1. The second-order valence-corrected chi connectivity index (χ2v) is 11.7. The largest absolute Gasteiger partial charge is 0.490 e. The lowest BCUT2D eigenvalue weighted by molar-refractivity contribution is -0.384. The summed E-state index contributed by atoms with van der Waals surface area (Å²) >= 11 is 5.64. The van der Waals surface area contributed by atoms with Gasteiger partial charge < -0.3 is 13.9 Å². The third-order valence-corrected chi connectivity index (χ3v) is 7.93. The van der Waals surface area contributed by atoms with E-state index >= 15 is 0 Å². The van der Waals surface area contributed by atoms with Gasteiger partial charge in [0.15, 0.2) is 17.3 Å². The molecule has 4 aromatic carbocycles. The van der Waals surface area contributed by atoms with Crippen molar-refractivity contribution in [1.29, 1.82) is 0 Å². The average Bonchev–Trinajstić information content (AvgIpc) is 3.43. The molecule has 0 spiro atoms. The predicted octanol–water partition coefficient (Wildman–Crippen LogP) is 7.94. The highest BCUT2D eigenvalue weighted by molar-refractivity contribution is 14.1. The van der Waals surface area contributed by atoms with Crippen LogP contribution in [-0.4, -0.2) is 27.4 Å². The molecule has 12 heteroatoms. The molecule has 2 heterocycles. The molecule has 0 unspecified atom stereocenters. The normalized spacial score (nSPS) is 11.4. The van der Waals surface area contributed by atoms with Crippen molar-refractivity contribution in [3.63, 3.8) is 0 Å². The highest BCUT2D eigenvalue weighted by atomic mass is 127. The van der Waals surface area contributed by atoms with Crippen LogP contribution in [-0.2, 0) is 6.61 Å². The zero-order valence-corrected chi connectivity index (χ0v) is 26.8. The monoisotopic (exact) mass is 764 g/mol. The van der Waals surface area contributed by atoms with E-state index in [1.165, 1.54) is 16.8 Å². The number of halogens is 2. The number of aromatic nitrogens is 2. The number of nitrogens with zero attached hydrogens (tertiary/aromatic N) is 4. The number of furan rings is 1. The SMILES string of the molecule is CCOc1cc(C=Nn2c(-c3cc4cc(Br)ccc4o3)nc3ccccc3c2=O)cc(I)c1OCc1ccc([N+](=O)[O-])cc1. The van der Waals surface area contributed by atoms with Crippen LogP contribution < -0.4 is 15.0 Å². The van der Waals surface area contributed by atoms with Crippen molar-refractivity contribution < 1.29 is 18.8 Å². The van der Waals surface area contributed by atoms with E-state index in [2.05, 4.69) is 43.6 Å². The first-order chi connectivity index (χ1) is 21.3. The Hall–Kier alpha value is -4.56. The van der Waals surface area contributed by atoms with Gasteiger partial charge in [-0.05, 0) is 101 Å². The van der Waals surface area contributed by atoms with Gasteiger partial charge in [-0.1, -0.05) is 28.1 Å². The second kappa shape index (κ2) is 12.6. The fourth-order valence-electron chi connectivity index (χ4n) is 4.57. The van der Waals surface area contributed by atoms with Crippen molar-refractivity contribution in [3.8, 4) is 23.1 Å². The van der Waals surface area contributed by atoms with Crippen molar-refractivity contribution in [2.24, 2.45) is 5.10 Å². The van der Waals surface area contributed by atoms with E-state index < -0.39 is 4.92 Å². The van der Waals surface area contributed by atoms with Crippen LogP contribution in [0.15, 0.2) is 104 Å². The van der Waals surface area contributed by atoms with Crippen LogP contribution in [0.5, 0.6) is 11.5 Å². The van der Waals surface area contributed by atoms with Gasteiger partial charge in [0.2, 0.25) is 5.82 Å². The van der Waals surface area contributed by atoms with Crippen LogP contribution in [0.2, 0.25) is 0 Å². The van der Waals surface area contributed by atoms with Crippen LogP contribution in [0.3, 0.4) is 0 Å². The summed E-state index contributed by atoms with van der Waals surface area (Å²) < 4.78 is 20.9. The third kappa shape index (κ3) is 6.08. The highest BCUT2D eigenvalue weighted by Gasteiger charge is 2.17. The van der Waals surface area contributed by atoms with E-state index in [-0.39, 0.29) is 23.7 Å². The minimum atomic E-state index is -0.443. The van der Waals surface area contributed by atoms with E-state index in [0.717, 1.165) is 19.0 Å². The number of hydrogen-bond acceptors (Lipinski definition) is 8. The summed E-state index contributed by atoms with van der Waals surface area (Å²) in [5.41, 5.74) is 2.29. The Morgan fingerprint density at radius 3 is 2.64 bits per heavy atom. The maximum atomic E-state index is 13.7. The van der Waals surface area contributed by atoms with Gasteiger partial charge >= 0.3 is 0 Å². The van der Waals surface area contributed by atoms with Gasteiger partial charge in [0.05, 0.1) is 32.2 Å². The molecule has 0 aliphatic rings. The quantitative estimate of drug-likeness (QED) is 0.0634. The molecule has 0 aliphatic carbocycles. The summed E-state index contributed by atoms with van der Waals surface area (Å²) in [4.78, 5) is 28.9. The van der Waals surface area contributed by atoms with Gasteiger partial charge in [-0.25, -0.2) is 4.98 Å². The number of nitro benzene ring substituents is 1. The molecule has 0 amide bonds. The van der Waals surface area contributed by atoms with Crippen LogP contribution >= 0.6 is 38.5 Å². The molecular weight excluding hydrogens is 743 g/mol. The van der Waals surface area contributed by atoms with Gasteiger partial charge in [0.25, 0.3) is 11.2 Å². The first kappa shape index (κ1) is 29.5. The fraction of sp³-hybridized carbons (Fsp3) is 0.0938. The van der Waals surface area contributed by atoms with E-state index in [1.54, 1.807) is 42.6 Å². The molecule has 0 aliphatic heterocycles. The molecule has 44 heavy (non-hydrogen) atoms. The lowest BCUT2D eigenvalue weighted by Gasteiger charge is -2.15. The maximum absolute atomic E-state index is 13.7. The number of rotatable bonds is 9. The lowest BCUT2D eigenvalue weighted by Crippen LogP contribution is -2.20. The summed E-state index contributed by atoms with van der Waals surface area (Å²) in [5, 5.41) is 16.8. The number of ether oxygens (including phenoxy) is 2. The molecule has 0 saturated heterocycles. The Bertz CT molecular complexity index is 2120. The molecule has 2 aromatic heterocycles. The number of nitro groups is 1. The molecule has 0 radical (unpaired) electrons. The third-order valence-electron chi connectivity index (χ3n) is 6.64. The summed E-state index contributed by atoms with van der Waals surface area (Å²) in [5.74, 6) is 1.69. The number of non-ortho nitro benzene ring substituents is 1. The summed E-state index contributed by atoms with van der Waals surface area (Å²) in [7, 11) is 0. The molecule has 0 fully saturated rings. The van der Waals surface area contributed by atoms with Crippen LogP contribution in [0, 0.1) is 13.7 Å². The molecule has 220 valence electrons. The summed E-state index contributed by atoms with van der Waals surface area (Å²) in [6, 6.07) is 24.4. The number of benzene rings is 4. The average molecular weight is 765 g/mol. The van der Waals surface area contributed by atoms with Gasteiger partial charge in [0.1, 0.15) is 12.2 Å². The molecule has 0 atom stereocenters. The minimum absolute atomic E-state index is 0.0132. The zero-order valence-electron chi connectivity index (χ0n) is 23.1. The van der Waals surface area contributed by atoms with Crippen molar-refractivity contribution >= 4 is 72.3 Å². The fourth-order valence-corrected chi connectivity index (χ4v) is 5.73. The van der Waals surface area contributed by atoms with Gasteiger partial charge in [-0.2, -0.15) is 9.78 Å². The van der Waals surface area contributed by atoms with Crippen LogP contribution in [0.25, 0.3) is 33.5 Å². The van der Waals surface area contributed by atoms with E-state index in [9.17, 15) is 14.9 Å². The molecule has 6 rings (SSSR count). The Kier molecular flexibility index (Phi) is 8.44. The first-order valence-corrected chi connectivity index (χ1v) is 15.3. The van der Waals surface area contributed by atoms with Crippen molar-refractivity contribution in [2.75, 3.05) is 6.61 Å². The van der Waals surface area contributed by atoms with Gasteiger partial charge in [-0.3, -0.25) is 14.9 Å². The van der Waals surface area contributed by atoms with Crippen LogP contribution in [0.1, 0.15) is 18.1 Å². The molecule has 10 nitrogen and oxygen atoms in total. The van der Waals surface area contributed by atoms with E-state index in [0.29, 0.717) is 45.9 Å². The van der Waals surface area contributed by atoms with E-state index in [4.69, 9.17) is 18.9 Å². The van der Waals surface area contributed by atoms with Crippen molar-refractivity contribution in [2.45, 2.75) is 13.5 Å². The molecule has 0 N–H and O–H groups in total. The van der Waals surface area contributed by atoms with Crippen LogP contribution in [0.4, 0.5) is 5.69 Å². The zero-order chi connectivity index (χ0) is 30.8. The van der Waals surface area contributed by atoms with E-state index in [1.807, 2.05) is 43.3 Å². The minimum Gasteiger partial charge on any atom is -0.490 e. The Morgan fingerprint density at radius 2 is 1.86 bits per heavy atom. The lowest BCUT2D eigenvalue weighted by atomic mass is 10.2. The smallest absolute Gasteiger partial charge is 0.282 e. The summed E-state index contributed by atoms with van der Waals surface area (Å²) in [6.07, 6.45) is 1.56. The van der Waals surface area contributed by atoms with Gasteiger partial charge in [-0.15, -0.1) is 0 Å². The molecule has 6 aromatic rings. The first-order valence-electron chi connectivity index (χ1n) is 13.4. The van der Waals surface area contributed by atoms with Crippen molar-refractivity contribution in [3.05, 3.63) is 125 Å². The molecule has 0 bridgehead atoms. The maximum Gasteiger partial charge on any atom is 0.282 e. The van der Waals surface area contributed by atoms with Crippen molar-refractivity contribution in [1.82, 2.24) is 9.66 Å². The molecule has 0 saturated carbocycles. The predicted molar refractivity (Wildman–Crippen MR) is 180 cm³/mol. The molecular formula is C32H22BrIN4O6. The standard InChI is InChI=1S/C32H22BrIN4O6/c1-2-42-28-14-20(13-25(34)30(28)43-18-19-7-10-23(11-8-19)38(40)41)17-35-37-31(36-26-6-4-3-5-24(26)32(37)39)29-16-21-15-22(33)9-12-27(21)44-29/h3-17H,2,18H2,1H3.